The Balaban J connectivity index is 2.12. The second-order valence-corrected chi connectivity index (χ2v) is 8.84. The van der Waals surface area contributed by atoms with Gasteiger partial charge in [0.1, 0.15) is 11.2 Å². The van der Waals surface area contributed by atoms with Crippen molar-refractivity contribution in [3.63, 3.8) is 0 Å². The fraction of sp³-hybridized carbons (Fsp3) is 0.200. The second-order valence-electron chi connectivity index (χ2n) is 5.12. The lowest BCUT2D eigenvalue weighted by Gasteiger charge is -2.11. The second kappa shape index (κ2) is 6.56. The zero-order chi connectivity index (χ0) is 19.1. The number of hydrogen-bond donors (Lipinski definition) is 0. The molecule has 0 saturated heterocycles. The molecule has 1 aromatic carbocycles. The van der Waals surface area contributed by atoms with E-state index in [9.17, 15) is 26.1 Å². The number of rotatable bonds is 4. The van der Waals surface area contributed by atoms with Crippen LogP contribution in [0.1, 0.15) is 6.92 Å². The predicted octanol–water partition coefficient (Wildman–Crippen LogP) is 3.31. The summed E-state index contributed by atoms with van der Waals surface area (Å²) < 4.78 is 79.1. The highest BCUT2D eigenvalue weighted by Gasteiger charge is 2.46. The summed E-state index contributed by atoms with van der Waals surface area (Å²) in [6.07, 6.45) is 1.35. The summed E-state index contributed by atoms with van der Waals surface area (Å²) in [6.45, 7) is 1.47. The first-order valence-corrected chi connectivity index (χ1v) is 10.0. The summed E-state index contributed by atoms with van der Waals surface area (Å²) in [7, 11) is -3.62. The van der Waals surface area contributed by atoms with Gasteiger partial charge >= 0.3 is 5.51 Å². The molecule has 0 N–H and O–H groups in total. The molecule has 0 saturated carbocycles. The Morgan fingerprint density at radius 2 is 2.00 bits per heavy atom. The number of hydrogen-bond acceptors (Lipinski definition) is 6. The van der Waals surface area contributed by atoms with Crippen molar-refractivity contribution >= 4 is 32.1 Å². The molecule has 0 radical (unpaired) electrons. The number of aromatic nitrogens is 2. The topological polar surface area (TPSA) is 96.1 Å². The molecule has 0 bridgehead atoms. The summed E-state index contributed by atoms with van der Waals surface area (Å²) in [6, 6.07) is 5.99. The summed E-state index contributed by atoms with van der Waals surface area (Å²) in [4.78, 5) is 7.43. The fourth-order valence-corrected chi connectivity index (χ4v) is 3.92. The highest BCUT2D eigenvalue weighted by atomic mass is 32.2. The molecule has 0 spiro atoms. The van der Waals surface area contributed by atoms with Crippen LogP contribution >= 0.6 is 0 Å². The molecule has 0 aliphatic carbocycles. The molecule has 3 rings (SSSR count). The fourth-order valence-electron chi connectivity index (χ4n) is 2.22. The molecule has 3 aromatic rings. The molecule has 2 heterocycles. The van der Waals surface area contributed by atoms with Gasteiger partial charge in [0.25, 0.3) is 0 Å². The number of benzene rings is 1. The van der Waals surface area contributed by atoms with Gasteiger partial charge in [-0.1, -0.05) is 6.92 Å². The highest BCUT2D eigenvalue weighted by molar-refractivity contribution is 7.92. The molecule has 1 atom stereocenters. The summed E-state index contributed by atoms with van der Waals surface area (Å²) in [5.74, 6) is -0.316. The number of pyridine rings is 1. The van der Waals surface area contributed by atoms with Crippen molar-refractivity contribution in [2.24, 2.45) is 0 Å². The predicted molar refractivity (Wildman–Crippen MR) is 87.4 cm³/mol. The van der Waals surface area contributed by atoms with Crippen LogP contribution in [-0.2, 0) is 21.0 Å². The van der Waals surface area contributed by atoms with E-state index in [0.717, 1.165) is 12.1 Å². The van der Waals surface area contributed by atoms with Gasteiger partial charge in [-0.25, -0.2) is 18.4 Å². The van der Waals surface area contributed by atoms with Crippen molar-refractivity contribution in [3.05, 3.63) is 36.5 Å². The SMILES string of the molecule is CCS(=O)(=O)c1cccnc1-c1nc2cc([S+]([O-])C(F)(F)F)ccc2o1. The monoisotopic (exact) mass is 404 g/mol. The van der Waals surface area contributed by atoms with E-state index in [4.69, 9.17) is 4.42 Å². The van der Waals surface area contributed by atoms with Crippen LogP contribution in [0.2, 0.25) is 0 Å². The average molecular weight is 404 g/mol. The number of alkyl halides is 3. The zero-order valence-electron chi connectivity index (χ0n) is 13.1. The average Bonchev–Trinajstić information content (AvgIpc) is 3.03. The standard InChI is InChI=1S/C15H11F3N2O4S2/c1-2-26(22,23)12-4-3-7-19-13(12)14-20-10-8-9(5-6-11(10)24-14)25(21)15(16,17)18/h3-8H,2H2,1H3. The maximum Gasteiger partial charge on any atom is 0.578 e. The molecule has 138 valence electrons. The summed E-state index contributed by atoms with van der Waals surface area (Å²) in [5, 5.41) is 0. The van der Waals surface area contributed by atoms with E-state index in [0.29, 0.717) is 0 Å². The van der Waals surface area contributed by atoms with Crippen LogP contribution in [0.15, 0.2) is 50.7 Å². The molecule has 6 nitrogen and oxygen atoms in total. The van der Waals surface area contributed by atoms with E-state index in [2.05, 4.69) is 9.97 Å². The van der Waals surface area contributed by atoms with E-state index in [1.165, 1.54) is 31.3 Å². The van der Waals surface area contributed by atoms with E-state index in [1.807, 2.05) is 0 Å². The third-order valence-electron chi connectivity index (χ3n) is 3.47. The largest absolute Gasteiger partial charge is 0.604 e. The summed E-state index contributed by atoms with van der Waals surface area (Å²) in [5.41, 5.74) is -4.80. The van der Waals surface area contributed by atoms with Crippen molar-refractivity contribution < 1.29 is 30.6 Å². The van der Waals surface area contributed by atoms with Crippen molar-refractivity contribution in [2.45, 2.75) is 22.2 Å². The van der Waals surface area contributed by atoms with Crippen LogP contribution in [0.4, 0.5) is 13.2 Å². The van der Waals surface area contributed by atoms with Gasteiger partial charge in [0, 0.05) is 12.3 Å². The molecule has 2 aromatic heterocycles. The van der Waals surface area contributed by atoms with Gasteiger partial charge in [-0.05, 0) is 24.3 Å². The van der Waals surface area contributed by atoms with Crippen molar-refractivity contribution in [3.8, 4) is 11.6 Å². The molecule has 0 fully saturated rings. The Kier molecular flexibility index (Phi) is 4.71. The Morgan fingerprint density at radius 1 is 1.27 bits per heavy atom. The maximum atomic E-state index is 12.6. The minimum absolute atomic E-state index is 0.0144. The van der Waals surface area contributed by atoms with Crippen LogP contribution in [0.3, 0.4) is 0 Å². The van der Waals surface area contributed by atoms with E-state index in [1.54, 1.807) is 0 Å². The van der Waals surface area contributed by atoms with Gasteiger partial charge in [0.15, 0.2) is 20.3 Å². The Morgan fingerprint density at radius 3 is 2.65 bits per heavy atom. The number of halogens is 3. The quantitative estimate of drug-likeness (QED) is 0.619. The third kappa shape index (κ3) is 3.41. The minimum atomic E-state index is -4.90. The number of oxazole rings is 1. The van der Waals surface area contributed by atoms with Gasteiger partial charge in [0.05, 0.1) is 21.8 Å². The van der Waals surface area contributed by atoms with Crippen molar-refractivity contribution in [1.29, 1.82) is 0 Å². The number of fused-ring (bicyclic) bond motifs is 1. The maximum absolute atomic E-state index is 12.6. The van der Waals surface area contributed by atoms with E-state index in [-0.39, 0.29) is 33.3 Å². The Bertz CT molecular complexity index is 1060. The molecule has 1 unspecified atom stereocenters. The lowest BCUT2D eigenvalue weighted by Crippen LogP contribution is -2.23. The molecule has 26 heavy (non-hydrogen) atoms. The first-order valence-electron chi connectivity index (χ1n) is 7.21. The van der Waals surface area contributed by atoms with E-state index < -0.39 is 31.4 Å². The minimum Gasteiger partial charge on any atom is -0.604 e. The number of sulfone groups is 1. The van der Waals surface area contributed by atoms with Crippen molar-refractivity contribution in [2.75, 3.05) is 5.75 Å². The van der Waals surface area contributed by atoms with Crippen LogP contribution in [0.5, 0.6) is 0 Å². The van der Waals surface area contributed by atoms with Crippen LogP contribution in [0, 0.1) is 0 Å². The van der Waals surface area contributed by atoms with Gasteiger partial charge in [-0.2, -0.15) is 0 Å². The van der Waals surface area contributed by atoms with Gasteiger partial charge < -0.3 is 8.97 Å². The van der Waals surface area contributed by atoms with Crippen molar-refractivity contribution in [1.82, 2.24) is 9.97 Å². The molecule has 0 aliphatic heterocycles. The molecule has 0 amide bonds. The molecule has 0 aliphatic rings. The molecular formula is C15H11F3N2O4S2. The number of nitrogens with zero attached hydrogens (tertiary/aromatic N) is 2. The van der Waals surface area contributed by atoms with Crippen LogP contribution in [0.25, 0.3) is 22.7 Å². The zero-order valence-corrected chi connectivity index (χ0v) is 14.8. The first kappa shape index (κ1) is 18.7. The molecular weight excluding hydrogens is 393 g/mol. The van der Waals surface area contributed by atoms with Gasteiger partial charge in [-0.15, -0.1) is 13.2 Å². The smallest absolute Gasteiger partial charge is 0.578 e. The molecule has 11 heteroatoms. The van der Waals surface area contributed by atoms with Gasteiger partial charge in [0.2, 0.25) is 5.89 Å². The Labute approximate surface area is 149 Å². The van der Waals surface area contributed by atoms with E-state index >= 15 is 0 Å². The first-order chi connectivity index (χ1) is 12.1. The van der Waals surface area contributed by atoms with Gasteiger partial charge in [-0.3, -0.25) is 0 Å². The van der Waals surface area contributed by atoms with Crippen LogP contribution < -0.4 is 0 Å². The summed E-state index contributed by atoms with van der Waals surface area (Å²) >= 11 is -3.21. The highest BCUT2D eigenvalue weighted by Crippen LogP contribution is 2.33. The lowest BCUT2D eigenvalue weighted by atomic mass is 10.3. The third-order valence-corrected chi connectivity index (χ3v) is 6.33. The normalized spacial score (nSPS) is 13.9. The van der Waals surface area contributed by atoms with Crippen LogP contribution in [-0.4, -0.2) is 34.2 Å². The lowest BCUT2D eigenvalue weighted by molar-refractivity contribution is -0.0435. The Hall–Kier alpha value is -2.11.